The number of benzene rings is 2. The molecule has 0 unspecified atom stereocenters. The minimum Gasteiger partial charge on any atom is -0.492 e. The highest BCUT2D eigenvalue weighted by Crippen LogP contribution is 2.12. The lowest BCUT2D eigenvalue weighted by atomic mass is 10.2. The number of esters is 1. The van der Waals surface area contributed by atoms with E-state index in [-0.39, 0.29) is 24.3 Å². The molecule has 0 saturated heterocycles. The van der Waals surface area contributed by atoms with Crippen molar-refractivity contribution in [2.45, 2.75) is 6.92 Å². The van der Waals surface area contributed by atoms with E-state index in [1.807, 2.05) is 0 Å². The van der Waals surface area contributed by atoms with Crippen molar-refractivity contribution in [3.8, 4) is 5.75 Å². The predicted molar refractivity (Wildman–Crippen MR) is 86.6 cm³/mol. The number of hydrogen-bond donors (Lipinski definition) is 1. The van der Waals surface area contributed by atoms with Crippen LogP contribution in [0.4, 0.5) is 4.39 Å². The lowest BCUT2D eigenvalue weighted by molar-refractivity contribution is 0.0526. The fraction of sp³-hybridized carbons (Fsp3) is 0.222. The average molecular weight is 331 g/mol. The van der Waals surface area contributed by atoms with Crippen molar-refractivity contribution in [3.63, 3.8) is 0 Å². The minimum absolute atomic E-state index is 0.270. The van der Waals surface area contributed by atoms with E-state index in [9.17, 15) is 14.0 Å². The summed E-state index contributed by atoms with van der Waals surface area (Å²) in [5.74, 6) is -0.480. The fourth-order valence-electron chi connectivity index (χ4n) is 1.94. The Balaban J connectivity index is 1.75. The number of amides is 1. The summed E-state index contributed by atoms with van der Waals surface area (Å²) >= 11 is 0. The average Bonchev–Trinajstić information content (AvgIpc) is 2.60. The minimum atomic E-state index is -0.388. The molecule has 0 atom stereocenters. The van der Waals surface area contributed by atoms with Crippen LogP contribution in [0.25, 0.3) is 0 Å². The van der Waals surface area contributed by atoms with E-state index >= 15 is 0 Å². The number of carbonyl (C=O) groups excluding carboxylic acids is 2. The summed E-state index contributed by atoms with van der Waals surface area (Å²) in [5.41, 5.74) is 0.837. The first-order valence-corrected chi connectivity index (χ1v) is 7.54. The van der Waals surface area contributed by atoms with Gasteiger partial charge in [-0.25, -0.2) is 9.18 Å². The van der Waals surface area contributed by atoms with E-state index in [0.29, 0.717) is 30.0 Å². The summed E-state index contributed by atoms with van der Waals surface area (Å²) in [5, 5.41) is 2.67. The first-order chi connectivity index (χ1) is 11.6. The van der Waals surface area contributed by atoms with Gasteiger partial charge in [0, 0.05) is 5.56 Å². The summed E-state index contributed by atoms with van der Waals surface area (Å²) in [6.45, 7) is 2.64. The smallest absolute Gasteiger partial charge is 0.338 e. The van der Waals surface area contributed by atoms with Crippen molar-refractivity contribution in [2.24, 2.45) is 0 Å². The summed E-state index contributed by atoms with van der Waals surface area (Å²) in [6.07, 6.45) is 0. The number of hydrogen-bond acceptors (Lipinski definition) is 4. The maximum absolute atomic E-state index is 12.8. The Morgan fingerprint density at radius 1 is 1.00 bits per heavy atom. The summed E-state index contributed by atoms with van der Waals surface area (Å²) < 4.78 is 23.2. The van der Waals surface area contributed by atoms with Crippen LogP contribution in [0.3, 0.4) is 0 Å². The monoisotopic (exact) mass is 331 g/mol. The molecular formula is C18H18FNO4. The highest BCUT2D eigenvalue weighted by Gasteiger charge is 2.07. The standard InChI is InChI=1S/C18H18FNO4/c1-2-23-18(22)14-5-9-16(10-6-14)24-12-11-20-17(21)13-3-7-15(19)8-4-13/h3-10H,2,11-12H2,1H3,(H,20,21). The molecule has 0 aliphatic heterocycles. The van der Waals surface area contributed by atoms with Crippen LogP contribution in [0, 0.1) is 5.82 Å². The van der Waals surface area contributed by atoms with Crippen LogP contribution in [0.15, 0.2) is 48.5 Å². The zero-order valence-corrected chi connectivity index (χ0v) is 13.3. The molecular weight excluding hydrogens is 313 g/mol. The van der Waals surface area contributed by atoms with Gasteiger partial charge in [0.25, 0.3) is 5.91 Å². The largest absolute Gasteiger partial charge is 0.492 e. The van der Waals surface area contributed by atoms with Gasteiger partial charge in [-0.15, -0.1) is 0 Å². The molecule has 1 N–H and O–H groups in total. The molecule has 2 aromatic carbocycles. The maximum Gasteiger partial charge on any atom is 0.338 e. The van der Waals surface area contributed by atoms with Crippen LogP contribution < -0.4 is 10.1 Å². The van der Waals surface area contributed by atoms with Crippen molar-refractivity contribution in [2.75, 3.05) is 19.8 Å². The van der Waals surface area contributed by atoms with Gasteiger partial charge >= 0.3 is 5.97 Å². The van der Waals surface area contributed by atoms with Crippen LogP contribution in [-0.2, 0) is 4.74 Å². The number of halogens is 1. The van der Waals surface area contributed by atoms with Gasteiger partial charge in [-0.2, -0.15) is 0 Å². The zero-order chi connectivity index (χ0) is 17.4. The third kappa shape index (κ3) is 5.08. The molecule has 0 aromatic heterocycles. The number of ether oxygens (including phenoxy) is 2. The van der Waals surface area contributed by atoms with Crippen molar-refractivity contribution < 1.29 is 23.5 Å². The first kappa shape index (κ1) is 17.5. The van der Waals surface area contributed by atoms with Crippen molar-refractivity contribution in [1.29, 1.82) is 0 Å². The van der Waals surface area contributed by atoms with Gasteiger partial charge in [0.2, 0.25) is 0 Å². The summed E-state index contributed by atoms with van der Waals surface area (Å²) in [7, 11) is 0. The number of carbonyl (C=O) groups is 2. The Morgan fingerprint density at radius 2 is 1.62 bits per heavy atom. The van der Waals surface area contributed by atoms with Gasteiger partial charge in [0.15, 0.2) is 0 Å². The SMILES string of the molecule is CCOC(=O)c1ccc(OCCNC(=O)c2ccc(F)cc2)cc1. The Kier molecular flexibility index (Phi) is 6.31. The lowest BCUT2D eigenvalue weighted by Crippen LogP contribution is -2.28. The molecule has 6 heteroatoms. The number of rotatable bonds is 7. The molecule has 126 valence electrons. The van der Waals surface area contributed by atoms with Crippen LogP contribution in [0.1, 0.15) is 27.6 Å². The van der Waals surface area contributed by atoms with Gasteiger partial charge < -0.3 is 14.8 Å². The van der Waals surface area contributed by atoms with E-state index in [4.69, 9.17) is 9.47 Å². The molecule has 0 aliphatic rings. The highest BCUT2D eigenvalue weighted by atomic mass is 19.1. The molecule has 5 nitrogen and oxygen atoms in total. The number of nitrogens with one attached hydrogen (secondary N) is 1. The van der Waals surface area contributed by atoms with Gasteiger partial charge in [-0.3, -0.25) is 4.79 Å². The topological polar surface area (TPSA) is 64.6 Å². The molecule has 0 heterocycles. The van der Waals surface area contributed by atoms with Gasteiger partial charge in [-0.05, 0) is 55.5 Å². The molecule has 1 amide bonds. The van der Waals surface area contributed by atoms with Crippen LogP contribution in [-0.4, -0.2) is 31.6 Å². The normalized spacial score (nSPS) is 10.1. The summed E-state index contributed by atoms with van der Waals surface area (Å²) in [4.78, 5) is 23.3. The van der Waals surface area contributed by atoms with E-state index in [1.165, 1.54) is 24.3 Å². The van der Waals surface area contributed by atoms with Crippen LogP contribution in [0.5, 0.6) is 5.75 Å². The highest BCUT2D eigenvalue weighted by molar-refractivity contribution is 5.94. The molecule has 0 radical (unpaired) electrons. The third-order valence-electron chi connectivity index (χ3n) is 3.13. The Hall–Kier alpha value is -2.89. The van der Waals surface area contributed by atoms with Gasteiger partial charge in [-0.1, -0.05) is 0 Å². The Bertz CT molecular complexity index is 683. The molecule has 0 spiro atoms. The van der Waals surface area contributed by atoms with Crippen molar-refractivity contribution in [3.05, 3.63) is 65.5 Å². The third-order valence-corrected chi connectivity index (χ3v) is 3.13. The molecule has 24 heavy (non-hydrogen) atoms. The Morgan fingerprint density at radius 3 is 2.25 bits per heavy atom. The second-order valence-electron chi connectivity index (χ2n) is 4.86. The fourth-order valence-corrected chi connectivity index (χ4v) is 1.94. The molecule has 2 aromatic rings. The second-order valence-corrected chi connectivity index (χ2v) is 4.86. The van der Waals surface area contributed by atoms with E-state index in [2.05, 4.69) is 5.32 Å². The first-order valence-electron chi connectivity index (χ1n) is 7.54. The Labute approximate surface area is 139 Å². The second kappa shape index (κ2) is 8.67. The van der Waals surface area contributed by atoms with Crippen LogP contribution >= 0.6 is 0 Å². The van der Waals surface area contributed by atoms with Gasteiger partial charge in [0.05, 0.1) is 18.7 Å². The predicted octanol–water partition coefficient (Wildman–Crippen LogP) is 2.81. The summed E-state index contributed by atoms with van der Waals surface area (Å²) in [6, 6.07) is 11.9. The maximum atomic E-state index is 12.8. The zero-order valence-electron chi connectivity index (χ0n) is 13.3. The molecule has 0 aliphatic carbocycles. The molecule has 0 saturated carbocycles. The van der Waals surface area contributed by atoms with E-state index < -0.39 is 0 Å². The van der Waals surface area contributed by atoms with Crippen LogP contribution in [0.2, 0.25) is 0 Å². The van der Waals surface area contributed by atoms with E-state index in [1.54, 1.807) is 31.2 Å². The van der Waals surface area contributed by atoms with Gasteiger partial charge in [0.1, 0.15) is 18.2 Å². The van der Waals surface area contributed by atoms with Crippen molar-refractivity contribution in [1.82, 2.24) is 5.32 Å². The molecule has 0 fully saturated rings. The molecule has 0 bridgehead atoms. The molecule has 2 rings (SSSR count). The van der Waals surface area contributed by atoms with Crippen molar-refractivity contribution >= 4 is 11.9 Å². The lowest BCUT2D eigenvalue weighted by Gasteiger charge is -2.08. The quantitative estimate of drug-likeness (QED) is 0.626. The van der Waals surface area contributed by atoms with E-state index in [0.717, 1.165) is 0 Å².